The molecule has 5 aromatic rings. The number of thioether (sulfide) groups is 1. The first kappa shape index (κ1) is 24.8. The maximum atomic E-state index is 14.1. The highest BCUT2D eigenvalue weighted by molar-refractivity contribution is 7.99. The molecule has 1 aliphatic heterocycles. The number of carbonyl (C=O) groups excluding carboxylic acids is 1. The van der Waals surface area contributed by atoms with Crippen molar-refractivity contribution in [2.45, 2.75) is 38.1 Å². The summed E-state index contributed by atoms with van der Waals surface area (Å²) in [6.45, 7) is 4.74. The second kappa shape index (κ2) is 10.0. The number of benzene rings is 2. The van der Waals surface area contributed by atoms with E-state index in [2.05, 4.69) is 24.0 Å². The first-order valence-electron chi connectivity index (χ1n) is 12.4. The zero-order valence-electron chi connectivity index (χ0n) is 21.2. The number of Topliss-reactive ketones (excluding diaryl/α,β-unsaturated/α-hetero) is 1. The van der Waals surface area contributed by atoms with Gasteiger partial charge in [-0.05, 0) is 35.7 Å². The van der Waals surface area contributed by atoms with Gasteiger partial charge in [0.05, 0.1) is 36.6 Å². The van der Waals surface area contributed by atoms with Crippen molar-refractivity contribution in [2.75, 3.05) is 12.9 Å². The van der Waals surface area contributed by atoms with Crippen LogP contribution in [0.25, 0.3) is 21.7 Å². The van der Waals surface area contributed by atoms with Crippen LogP contribution in [-0.2, 0) is 17.8 Å². The van der Waals surface area contributed by atoms with Crippen molar-refractivity contribution >= 4 is 44.9 Å². The molecule has 8 nitrogen and oxygen atoms in total. The molecule has 4 heterocycles. The van der Waals surface area contributed by atoms with Crippen LogP contribution in [0.5, 0.6) is 5.75 Å². The Bertz CT molecular complexity index is 1700. The van der Waals surface area contributed by atoms with E-state index in [4.69, 9.17) is 9.47 Å². The molecule has 1 aliphatic rings. The zero-order valence-corrected chi connectivity index (χ0v) is 22.8. The van der Waals surface area contributed by atoms with Crippen LogP contribution in [0, 0.1) is 5.92 Å². The molecule has 0 fully saturated rings. The number of thiophene rings is 1. The van der Waals surface area contributed by atoms with Gasteiger partial charge in [-0.15, -0.1) is 21.5 Å². The van der Waals surface area contributed by atoms with Crippen molar-refractivity contribution in [1.29, 1.82) is 0 Å². The number of hydrogen-bond donors (Lipinski definition) is 0. The third-order valence-electron chi connectivity index (χ3n) is 6.84. The van der Waals surface area contributed by atoms with Gasteiger partial charge in [-0.1, -0.05) is 55.9 Å². The van der Waals surface area contributed by atoms with Gasteiger partial charge in [-0.25, -0.2) is 8.97 Å². The molecule has 0 aliphatic carbocycles. The summed E-state index contributed by atoms with van der Waals surface area (Å²) in [6, 6.07) is 16.5. The monoisotopic (exact) mass is 546 g/mol. The molecular formula is C28H26N4O4S2. The van der Waals surface area contributed by atoms with E-state index in [1.54, 1.807) is 23.0 Å². The fourth-order valence-corrected chi connectivity index (χ4v) is 6.89. The van der Waals surface area contributed by atoms with Crippen LogP contribution in [-0.4, -0.2) is 43.9 Å². The standard InChI is InChI=1S/C28H26N4O4S2/c1-16(2)22-13-20-23(14-36-22)38-26-24(20)25(34)31(18-9-11-19(35-3)12-10-18)27-29-30-28(32(26)27)37-15-21(33)17-7-5-4-6-8-17/h4-12,16,22H,13-15H2,1-3H3. The highest BCUT2D eigenvalue weighted by Gasteiger charge is 2.30. The molecule has 6 rings (SSSR count). The van der Waals surface area contributed by atoms with Crippen LogP contribution in [0.1, 0.15) is 34.6 Å². The van der Waals surface area contributed by atoms with Gasteiger partial charge >= 0.3 is 0 Å². The predicted molar refractivity (Wildman–Crippen MR) is 149 cm³/mol. The molecule has 0 N–H and O–H groups in total. The molecule has 0 spiro atoms. The van der Waals surface area contributed by atoms with Crippen LogP contribution in [0.3, 0.4) is 0 Å². The fourth-order valence-electron chi connectivity index (χ4n) is 4.76. The molecular weight excluding hydrogens is 520 g/mol. The topological polar surface area (TPSA) is 87.7 Å². The Morgan fingerprint density at radius 1 is 1.16 bits per heavy atom. The number of nitrogens with zero attached hydrogens (tertiary/aromatic N) is 4. The van der Waals surface area contributed by atoms with Crippen LogP contribution in [0.15, 0.2) is 64.5 Å². The lowest BCUT2D eigenvalue weighted by Gasteiger charge is -2.26. The number of rotatable bonds is 7. The average Bonchev–Trinajstić information content (AvgIpc) is 3.54. The van der Waals surface area contributed by atoms with E-state index >= 15 is 0 Å². The third kappa shape index (κ3) is 4.22. The van der Waals surface area contributed by atoms with Gasteiger partial charge in [0.15, 0.2) is 10.9 Å². The van der Waals surface area contributed by atoms with Crippen LogP contribution in [0.4, 0.5) is 0 Å². The first-order chi connectivity index (χ1) is 18.5. The molecule has 0 radical (unpaired) electrons. The van der Waals surface area contributed by atoms with Crippen molar-refractivity contribution in [1.82, 2.24) is 19.2 Å². The van der Waals surface area contributed by atoms with Crippen LogP contribution < -0.4 is 10.3 Å². The minimum Gasteiger partial charge on any atom is -0.497 e. The van der Waals surface area contributed by atoms with E-state index in [1.165, 1.54) is 11.8 Å². The number of ether oxygens (including phenoxy) is 2. The molecule has 38 heavy (non-hydrogen) atoms. The van der Waals surface area contributed by atoms with Gasteiger partial charge in [-0.2, -0.15) is 0 Å². The molecule has 0 saturated carbocycles. The van der Waals surface area contributed by atoms with Crippen LogP contribution >= 0.6 is 23.1 Å². The Balaban J connectivity index is 1.53. The first-order valence-corrected chi connectivity index (χ1v) is 14.2. The zero-order chi connectivity index (χ0) is 26.4. The second-order valence-corrected chi connectivity index (χ2v) is 11.5. The largest absolute Gasteiger partial charge is 0.497 e. The number of carbonyl (C=O) groups is 1. The molecule has 0 saturated heterocycles. The van der Waals surface area contributed by atoms with E-state index < -0.39 is 0 Å². The summed E-state index contributed by atoms with van der Waals surface area (Å²) < 4.78 is 15.0. The molecule has 194 valence electrons. The molecule has 3 aromatic heterocycles. The van der Waals surface area contributed by atoms with Crippen molar-refractivity contribution < 1.29 is 14.3 Å². The quantitative estimate of drug-likeness (QED) is 0.205. The summed E-state index contributed by atoms with van der Waals surface area (Å²) in [5.41, 5.74) is 2.22. The molecule has 0 amide bonds. The van der Waals surface area contributed by atoms with Gasteiger partial charge in [0.2, 0.25) is 5.78 Å². The average molecular weight is 547 g/mol. The molecule has 0 bridgehead atoms. The number of aromatic nitrogens is 4. The van der Waals surface area contributed by atoms with Gasteiger partial charge in [-0.3, -0.25) is 9.59 Å². The third-order valence-corrected chi connectivity index (χ3v) is 8.96. The van der Waals surface area contributed by atoms with Crippen molar-refractivity contribution in [2.24, 2.45) is 5.92 Å². The molecule has 1 atom stereocenters. The van der Waals surface area contributed by atoms with Crippen LogP contribution in [0.2, 0.25) is 0 Å². The van der Waals surface area contributed by atoms with E-state index in [0.717, 1.165) is 15.3 Å². The molecule has 10 heteroatoms. The lowest BCUT2D eigenvalue weighted by Crippen LogP contribution is -2.28. The van der Waals surface area contributed by atoms with Gasteiger partial charge in [0.25, 0.3) is 5.56 Å². The summed E-state index contributed by atoms with van der Waals surface area (Å²) in [5.74, 6) is 1.64. The van der Waals surface area contributed by atoms with Crippen molar-refractivity contribution in [3.05, 3.63) is 81.0 Å². The number of fused-ring (bicyclic) bond motifs is 5. The normalized spacial score (nSPS) is 15.3. The Kier molecular flexibility index (Phi) is 6.55. The summed E-state index contributed by atoms with van der Waals surface area (Å²) in [6.07, 6.45) is 0.719. The van der Waals surface area contributed by atoms with E-state index in [1.807, 2.05) is 59.0 Å². The van der Waals surface area contributed by atoms with E-state index in [-0.39, 0.29) is 23.2 Å². The molecule has 2 aromatic carbocycles. The maximum absolute atomic E-state index is 14.1. The highest BCUT2D eigenvalue weighted by atomic mass is 32.2. The Hall–Kier alpha value is -3.47. The number of methoxy groups -OCH3 is 1. The summed E-state index contributed by atoms with van der Waals surface area (Å²) in [7, 11) is 1.61. The Morgan fingerprint density at radius 3 is 2.63 bits per heavy atom. The fraction of sp³-hybridized carbons (Fsp3) is 0.286. The maximum Gasteiger partial charge on any atom is 0.268 e. The lowest BCUT2D eigenvalue weighted by molar-refractivity contribution is 0.00200. The minimum atomic E-state index is -0.135. The Labute approximate surface area is 227 Å². The number of ketones is 1. The van der Waals surface area contributed by atoms with E-state index in [9.17, 15) is 9.59 Å². The summed E-state index contributed by atoms with van der Waals surface area (Å²) in [5, 5.41) is 10.1. The van der Waals surface area contributed by atoms with Gasteiger partial charge in [0.1, 0.15) is 10.6 Å². The lowest BCUT2D eigenvalue weighted by atomic mass is 9.96. The summed E-state index contributed by atoms with van der Waals surface area (Å²) >= 11 is 2.86. The van der Waals surface area contributed by atoms with Gasteiger partial charge in [0, 0.05) is 16.9 Å². The summed E-state index contributed by atoms with van der Waals surface area (Å²) in [4.78, 5) is 28.8. The van der Waals surface area contributed by atoms with Crippen molar-refractivity contribution in [3.8, 4) is 11.4 Å². The van der Waals surface area contributed by atoms with Gasteiger partial charge < -0.3 is 9.47 Å². The smallest absolute Gasteiger partial charge is 0.268 e. The van der Waals surface area contributed by atoms with E-state index in [0.29, 0.717) is 52.3 Å². The minimum absolute atomic E-state index is 0.00530. The van der Waals surface area contributed by atoms with Crippen molar-refractivity contribution in [3.63, 3.8) is 0 Å². The SMILES string of the molecule is COc1ccc(-n2c(=O)c3c4c(sc3n3c(SCC(=O)c5ccccc5)nnc23)COC(C(C)C)C4)cc1. The highest BCUT2D eigenvalue weighted by Crippen LogP contribution is 2.37. The Morgan fingerprint density at radius 2 is 1.92 bits per heavy atom. The number of hydrogen-bond acceptors (Lipinski definition) is 8. The predicted octanol–water partition coefficient (Wildman–Crippen LogP) is 5.18. The second-order valence-electron chi connectivity index (χ2n) is 9.52. The molecule has 1 unspecified atom stereocenters.